The molecule has 2 aromatic carbocycles. The topological polar surface area (TPSA) is 82.5 Å². The molecule has 3 heterocycles. The first-order valence-corrected chi connectivity index (χ1v) is 18.0. The highest BCUT2D eigenvalue weighted by atomic mass is 16.7. The quantitative estimate of drug-likeness (QED) is 0.181. The zero-order valence-corrected chi connectivity index (χ0v) is 30.7. The van der Waals surface area contributed by atoms with Crippen molar-refractivity contribution in [3.63, 3.8) is 0 Å². The zero-order valence-electron chi connectivity index (χ0n) is 30.7. The van der Waals surface area contributed by atoms with Crippen LogP contribution in [0.5, 0.6) is 0 Å². The molecule has 1 aliphatic carbocycles. The molecule has 3 aromatic rings. The van der Waals surface area contributed by atoms with Crippen molar-refractivity contribution in [3.8, 4) is 0 Å². The van der Waals surface area contributed by atoms with Crippen LogP contribution in [-0.4, -0.2) is 83.1 Å². The largest absolute Gasteiger partial charge is 0.494 e. The third kappa shape index (κ3) is 7.71. The lowest BCUT2D eigenvalue weighted by Gasteiger charge is -2.40. The molecule has 2 amide bonds. The first kappa shape index (κ1) is 35.5. The predicted molar refractivity (Wildman–Crippen MR) is 193 cm³/mol. The normalized spacial score (nSPS) is 22.0. The highest BCUT2D eigenvalue weighted by Gasteiger charge is 2.52. The van der Waals surface area contributed by atoms with E-state index < -0.39 is 29.8 Å². The van der Waals surface area contributed by atoms with Gasteiger partial charge in [-0.05, 0) is 103 Å². The van der Waals surface area contributed by atoms with Crippen molar-refractivity contribution in [1.29, 1.82) is 0 Å². The molecule has 3 aliphatic rings. The maximum atomic E-state index is 15.0. The van der Waals surface area contributed by atoms with Crippen LogP contribution in [-0.2, 0) is 36.7 Å². The Morgan fingerprint density at radius 3 is 2.39 bits per heavy atom. The van der Waals surface area contributed by atoms with E-state index in [0.29, 0.717) is 32.7 Å². The fraction of sp³-hybridized carbons (Fsp3) is 0.590. The molecule has 2 atom stereocenters. The number of carbonyl (C=O) groups is 2. The number of likely N-dealkylation sites (tertiary alicyclic amines) is 1. The molecule has 49 heavy (non-hydrogen) atoms. The summed E-state index contributed by atoms with van der Waals surface area (Å²) in [7, 11) is 1.24. The predicted octanol–water partition coefficient (Wildman–Crippen LogP) is 6.51. The van der Waals surface area contributed by atoms with Gasteiger partial charge in [0.1, 0.15) is 5.60 Å². The summed E-state index contributed by atoms with van der Waals surface area (Å²) in [6.07, 6.45) is 5.38. The van der Waals surface area contributed by atoms with Crippen molar-refractivity contribution >= 4 is 35.5 Å². The van der Waals surface area contributed by atoms with Gasteiger partial charge >= 0.3 is 13.2 Å². The Hall–Kier alpha value is -3.34. The monoisotopic (exact) mass is 671 g/mol. The molecule has 3 fully saturated rings. The van der Waals surface area contributed by atoms with E-state index in [1.54, 1.807) is 12.0 Å². The summed E-state index contributed by atoms with van der Waals surface area (Å²) in [6.45, 7) is 16.8. The Morgan fingerprint density at radius 1 is 1.00 bits per heavy atom. The van der Waals surface area contributed by atoms with Gasteiger partial charge in [-0.1, -0.05) is 42.5 Å². The molecule has 2 saturated heterocycles. The second-order valence-corrected chi connectivity index (χ2v) is 16.1. The van der Waals surface area contributed by atoms with Crippen LogP contribution in [0.25, 0.3) is 10.9 Å². The van der Waals surface area contributed by atoms with E-state index in [1.807, 2.05) is 32.9 Å². The zero-order chi connectivity index (χ0) is 35.1. The Bertz CT molecular complexity index is 1640. The number of aryl methyl sites for hydroxylation is 1. The second-order valence-electron chi connectivity index (χ2n) is 16.1. The van der Waals surface area contributed by atoms with Gasteiger partial charge in [0, 0.05) is 63.0 Å². The Morgan fingerprint density at radius 2 is 1.71 bits per heavy atom. The average Bonchev–Trinajstić information content (AvgIpc) is 3.79. The van der Waals surface area contributed by atoms with E-state index in [0.717, 1.165) is 42.4 Å². The van der Waals surface area contributed by atoms with Crippen LogP contribution < -0.4 is 5.46 Å². The van der Waals surface area contributed by atoms with Crippen LogP contribution in [0, 0.1) is 5.92 Å². The Kier molecular flexibility index (Phi) is 9.97. The lowest BCUT2D eigenvalue weighted by Crippen LogP contribution is -2.51. The number of aromatic nitrogens is 1. The van der Waals surface area contributed by atoms with Gasteiger partial charge in [-0.2, -0.15) is 0 Å². The molecular weight excluding hydrogens is 617 g/mol. The summed E-state index contributed by atoms with van der Waals surface area (Å²) in [5.74, 6) is -0.409. The Labute approximate surface area is 292 Å². The van der Waals surface area contributed by atoms with Crippen molar-refractivity contribution in [2.24, 2.45) is 5.92 Å². The molecule has 0 unspecified atom stereocenters. The SMILES string of the molecule is COCCCn1cc(CN(C(=O)[C@H]2CN(C(=O)OC(C)(C)C)CC[C@@H]2c2cccc(B3OC(C)(C)C(C)(C)O3)c2)C2CC2)c2ccccc21. The molecule has 264 valence electrons. The molecule has 1 aromatic heterocycles. The molecule has 0 bridgehead atoms. The van der Waals surface area contributed by atoms with Crippen LogP contribution in [0.1, 0.15) is 91.2 Å². The number of benzene rings is 2. The number of fused-ring (bicyclic) bond motifs is 1. The average molecular weight is 672 g/mol. The second kappa shape index (κ2) is 13.8. The highest BCUT2D eigenvalue weighted by molar-refractivity contribution is 6.62. The summed E-state index contributed by atoms with van der Waals surface area (Å²) in [5, 5.41) is 1.17. The van der Waals surface area contributed by atoms with Gasteiger partial charge in [-0.15, -0.1) is 0 Å². The van der Waals surface area contributed by atoms with Gasteiger partial charge in [-0.3, -0.25) is 4.79 Å². The van der Waals surface area contributed by atoms with Gasteiger partial charge in [0.25, 0.3) is 0 Å². The Balaban J connectivity index is 1.31. The van der Waals surface area contributed by atoms with Gasteiger partial charge in [0.2, 0.25) is 5.91 Å². The molecule has 6 rings (SSSR count). The molecule has 0 spiro atoms. The van der Waals surface area contributed by atoms with Crippen LogP contribution in [0.4, 0.5) is 4.79 Å². The number of hydrogen-bond acceptors (Lipinski definition) is 6. The van der Waals surface area contributed by atoms with Crippen LogP contribution in [0.2, 0.25) is 0 Å². The van der Waals surface area contributed by atoms with Crippen LogP contribution in [0.3, 0.4) is 0 Å². The van der Waals surface area contributed by atoms with Gasteiger partial charge in [0.05, 0.1) is 17.1 Å². The summed E-state index contributed by atoms with van der Waals surface area (Å²) in [5.41, 5.74) is 2.79. The minimum Gasteiger partial charge on any atom is -0.444 e. The molecule has 0 radical (unpaired) electrons. The van der Waals surface area contributed by atoms with E-state index in [4.69, 9.17) is 18.8 Å². The maximum Gasteiger partial charge on any atom is 0.494 e. The van der Waals surface area contributed by atoms with Crippen molar-refractivity contribution in [3.05, 3.63) is 65.9 Å². The molecule has 1 saturated carbocycles. The van der Waals surface area contributed by atoms with E-state index in [-0.39, 0.29) is 24.0 Å². The number of hydrogen-bond donors (Lipinski definition) is 0. The van der Waals surface area contributed by atoms with Crippen molar-refractivity contribution in [1.82, 2.24) is 14.4 Å². The van der Waals surface area contributed by atoms with Crippen molar-refractivity contribution in [2.45, 2.75) is 116 Å². The van der Waals surface area contributed by atoms with Crippen LogP contribution in [0.15, 0.2) is 54.7 Å². The van der Waals surface area contributed by atoms with E-state index in [9.17, 15) is 9.59 Å². The van der Waals surface area contributed by atoms with Crippen LogP contribution >= 0.6 is 0 Å². The number of para-hydroxylation sites is 1. The van der Waals surface area contributed by atoms with Crippen molar-refractivity contribution in [2.75, 3.05) is 26.8 Å². The number of rotatable bonds is 10. The first-order valence-electron chi connectivity index (χ1n) is 18.0. The lowest BCUT2D eigenvalue weighted by molar-refractivity contribution is -0.139. The summed E-state index contributed by atoms with van der Waals surface area (Å²) < 4.78 is 26.2. The smallest absolute Gasteiger partial charge is 0.444 e. The standard InChI is InChI=1S/C39H54BN3O6/c1-37(2,3)47-36(45)42-21-19-31(27-13-11-14-29(23-27)40-48-38(4,5)39(6,7)49-40)33(26-42)35(44)43(30-17-18-30)25-28-24-41(20-12-22-46-8)34-16-10-9-15-32(28)34/h9-11,13-16,23-24,30-31,33H,12,17-22,25-26H2,1-8H3/t31-,33+/m1/s1. The fourth-order valence-electron chi connectivity index (χ4n) is 7.19. The van der Waals surface area contributed by atoms with E-state index in [1.165, 1.54) is 10.9 Å². The minimum absolute atomic E-state index is 0.0785. The van der Waals surface area contributed by atoms with Gasteiger partial charge < -0.3 is 33.1 Å². The fourth-order valence-corrected chi connectivity index (χ4v) is 7.19. The number of amides is 2. The maximum absolute atomic E-state index is 15.0. The van der Waals surface area contributed by atoms with Gasteiger partial charge in [0.15, 0.2) is 0 Å². The van der Waals surface area contributed by atoms with E-state index >= 15 is 0 Å². The number of carbonyl (C=O) groups excluding carboxylic acids is 2. The highest BCUT2D eigenvalue weighted by Crippen LogP contribution is 2.40. The third-order valence-corrected chi connectivity index (χ3v) is 10.7. The molecule has 10 heteroatoms. The minimum atomic E-state index is -0.623. The summed E-state index contributed by atoms with van der Waals surface area (Å²) in [4.78, 5) is 32.2. The molecular formula is C39H54BN3O6. The molecule has 9 nitrogen and oxygen atoms in total. The molecule has 0 N–H and O–H groups in total. The van der Waals surface area contributed by atoms with Gasteiger partial charge in [-0.25, -0.2) is 4.79 Å². The number of ether oxygens (including phenoxy) is 2. The van der Waals surface area contributed by atoms with Crippen molar-refractivity contribution < 1.29 is 28.4 Å². The van der Waals surface area contributed by atoms with E-state index in [2.05, 4.69) is 79.8 Å². The lowest BCUT2D eigenvalue weighted by atomic mass is 9.74. The number of methoxy groups -OCH3 is 1. The summed E-state index contributed by atoms with van der Waals surface area (Å²) >= 11 is 0. The number of nitrogens with zero attached hydrogens (tertiary/aromatic N) is 3. The number of piperidine rings is 1. The third-order valence-electron chi connectivity index (χ3n) is 10.7. The first-order chi connectivity index (χ1) is 23.2. The molecule has 2 aliphatic heterocycles. The summed E-state index contributed by atoms with van der Waals surface area (Å²) in [6, 6.07) is 17.0.